The molecule has 1 amide bonds. The van der Waals surface area contributed by atoms with Crippen LogP contribution in [-0.4, -0.2) is 49.9 Å². The zero-order chi connectivity index (χ0) is 18.8. The molecule has 10 heteroatoms. The van der Waals surface area contributed by atoms with Crippen LogP contribution in [0.1, 0.15) is 19.8 Å². The van der Waals surface area contributed by atoms with E-state index in [0.717, 1.165) is 0 Å². The number of aliphatic carboxylic acids is 1. The van der Waals surface area contributed by atoms with Crippen molar-refractivity contribution in [3.63, 3.8) is 0 Å². The van der Waals surface area contributed by atoms with Crippen LogP contribution < -0.4 is 10.1 Å². The van der Waals surface area contributed by atoms with Crippen molar-refractivity contribution in [2.24, 2.45) is 5.92 Å². The molecule has 1 aliphatic rings. The monoisotopic (exact) mass is 390 g/mol. The first-order chi connectivity index (χ1) is 11.7. The van der Waals surface area contributed by atoms with Crippen molar-refractivity contribution in [2.75, 3.05) is 25.5 Å². The molecular formula is C15H19ClN2O6S. The van der Waals surface area contributed by atoms with Crippen molar-refractivity contribution < 1.29 is 27.9 Å². The van der Waals surface area contributed by atoms with Crippen LogP contribution in [0, 0.1) is 5.92 Å². The number of sulfonamides is 1. The van der Waals surface area contributed by atoms with E-state index in [9.17, 15) is 18.0 Å². The highest BCUT2D eigenvalue weighted by atomic mass is 35.5. The molecule has 0 bridgehead atoms. The van der Waals surface area contributed by atoms with Gasteiger partial charge in [-0.15, -0.1) is 0 Å². The highest BCUT2D eigenvalue weighted by Crippen LogP contribution is 2.36. The number of anilines is 1. The Kier molecular flexibility index (Phi) is 5.91. The molecule has 0 saturated carbocycles. The van der Waals surface area contributed by atoms with Gasteiger partial charge in [0.2, 0.25) is 15.9 Å². The Labute approximate surface area is 150 Å². The number of amides is 1. The normalized spacial score (nSPS) is 16.4. The second-order valence-corrected chi connectivity index (χ2v) is 7.99. The second kappa shape index (κ2) is 7.59. The van der Waals surface area contributed by atoms with Crippen LogP contribution in [-0.2, 0) is 19.6 Å². The van der Waals surface area contributed by atoms with Crippen LogP contribution in [0.15, 0.2) is 17.0 Å². The van der Waals surface area contributed by atoms with Gasteiger partial charge < -0.3 is 15.2 Å². The third-order valence-electron chi connectivity index (χ3n) is 3.99. The lowest BCUT2D eigenvalue weighted by Crippen LogP contribution is -2.40. The topological polar surface area (TPSA) is 113 Å². The molecule has 1 aliphatic heterocycles. The number of carboxylic acids is 1. The number of ether oxygens (including phenoxy) is 1. The third kappa shape index (κ3) is 4.23. The van der Waals surface area contributed by atoms with E-state index in [0.29, 0.717) is 0 Å². The summed E-state index contributed by atoms with van der Waals surface area (Å²) < 4.78 is 32.1. The first-order valence-electron chi connectivity index (χ1n) is 7.55. The quantitative estimate of drug-likeness (QED) is 0.792. The number of carbonyl (C=O) groups excluding carboxylic acids is 1. The molecule has 0 unspecified atom stereocenters. The molecule has 8 nitrogen and oxygen atoms in total. The molecule has 1 saturated heterocycles. The fourth-order valence-electron chi connectivity index (χ4n) is 2.66. The predicted octanol–water partition coefficient (Wildman–Crippen LogP) is 1.79. The number of hydrogen-bond acceptors (Lipinski definition) is 5. The van der Waals surface area contributed by atoms with Crippen molar-refractivity contribution in [1.82, 2.24) is 4.31 Å². The van der Waals surface area contributed by atoms with Gasteiger partial charge in [0, 0.05) is 26.1 Å². The maximum absolute atomic E-state index is 12.9. The molecule has 1 heterocycles. The Balaban J connectivity index is 2.34. The van der Waals surface area contributed by atoms with Gasteiger partial charge in [0.25, 0.3) is 0 Å². The van der Waals surface area contributed by atoms with Gasteiger partial charge in [-0.1, -0.05) is 11.6 Å². The number of piperidine rings is 1. The fraction of sp³-hybridized carbons (Fsp3) is 0.467. The molecule has 0 aliphatic carbocycles. The summed E-state index contributed by atoms with van der Waals surface area (Å²) in [6.07, 6.45) is 0.489. The molecule has 2 N–H and O–H groups in total. The van der Waals surface area contributed by atoms with Crippen LogP contribution in [0.5, 0.6) is 5.75 Å². The number of nitrogens with one attached hydrogen (secondary N) is 1. The Morgan fingerprint density at radius 1 is 1.32 bits per heavy atom. The van der Waals surface area contributed by atoms with Crippen molar-refractivity contribution in [3.8, 4) is 5.75 Å². The van der Waals surface area contributed by atoms with Crippen LogP contribution in [0.3, 0.4) is 0 Å². The van der Waals surface area contributed by atoms with E-state index in [1.54, 1.807) is 0 Å². The van der Waals surface area contributed by atoms with E-state index in [4.69, 9.17) is 21.4 Å². The number of rotatable bonds is 5. The van der Waals surface area contributed by atoms with E-state index in [1.807, 2.05) is 0 Å². The summed E-state index contributed by atoms with van der Waals surface area (Å²) >= 11 is 6.08. The van der Waals surface area contributed by atoms with Crippen molar-refractivity contribution in [1.29, 1.82) is 0 Å². The molecule has 1 fully saturated rings. The summed E-state index contributed by atoms with van der Waals surface area (Å²) in [5.41, 5.74) is 0.245. The highest BCUT2D eigenvalue weighted by molar-refractivity contribution is 7.89. The summed E-state index contributed by atoms with van der Waals surface area (Å²) in [6, 6.07) is 2.57. The Morgan fingerprint density at radius 2 is 1.92 bits per heavy atom. The summed E-state index contributed by atoms with van der Waals surface area (Å²) in [5, 5.41) is 11.6. The first-order valence-corrected chi connectivity index (χ1v) is 9.36. The molecular weight excluding hydrogens is 372 g/mol. The van der Waals surface area contributed by atoms with E-state index in [2.05, 4.69) is 5.32 Å². The lowest BCUT2D eigenvalue weighted by Gasteiger charge is -2.29. The lowest BCUT2D eigenvalue weighted by atomic mass is 9.99. The molecule has 0 radical (unpaired) electrons. The molecule has 25 heavy (non-hydrogen) atoms. The van der Waals surface area contributed by atoms with Gasteiger partial charge in [0.05, 0.1) is 23.7 Å². The lowest BCUT2D eigenvalue weighted by molar-refractivity contribution is -0.142. The zero-order valence-corrected chi connectivity index (χ0v) is 15.4. The minimum absolute atomic E-state index is 0.0495. The summed E-state index contributed by atoms with van der Waals surface area (Å²) in [6.45, 7) is 1.51. The van der Waals surface area contributed by atoms with Gasteiger partial charge in [-0.05, 0) is 18.9 Å². The number of carbonyl (C=O) groups is 2. The number of hydrogen-bond donors (Lipinski definition) is 2. The molecule has 0 spiro atoms. The van der Waals surface area contributed by atoms with E-state index >= 15 is 0 Å². The average molecular weight is 391 g/mol. The standard InChI is InChI=1S/C15H19ClN2O6S/c1-9(19)17-12-8-13(24-2)14(7-11(12)16)25(22,23)18-5-3-10(4-6-18)15(20)21/h7-8,10H,3-6H2,1-2H3,(H,17,19)(H,20,21). The van der Waals surface area contributed by atoms with Gasteiger partial charge >= 0.3 is 5.97 Å². The number of benzene rings is 1. The first kappa shape index (κ1) is 19.5. The number of carboxylic acid groups (broad SMARTS) is 1. The number of methoxy groups -OCH3 is 1. The fourth-order valence-corrected chi connectivity index (χ4v) is 4.57. The van der Waals surface area contributed by atoms with Crippen molar-refractivity contribution in [2.45, 2.75) is 24.7 Å². The van der Waals surface area contributed by atoms with Crippen LogP contribution in [0.2, 0.25) is 5.02 Å². The molecule has 2 rings (SSSR count). The van der Waals surface area contributed by atoms with E-state index < -0.39 is 21.9 Å². The number of nitrogens with zero attached hydrogens (tertiary/aromatic N) is 1. The van der Waals surface area contributed by atoms with Gasteiger partial charge in [-0.2, -0.15) is 4.31 Å². The maximum Gasteiger partial charge on any atom is 0.306 e. The largest absolute Gasteiger partial charge is 0.495 e. The van der Waals surface area contributed by atoms with Crippen LogP contribution in [0.25, 0.3) is 0 Å². The summed E-state index contributed by atoms with van der Waals surface area (Å²) in [5.74, 6) is -1.76. The molecule has 1 aromatic carbocycles. The number of halogens is 1. The summed E-state index contributed by atoms with van der Waals surface area (Å²) in [7, 11) is -2.59. The Hall–Kier alpha value is -1.84. The predicted molar refractivity (Wildman–Crippen MR) is 91.4 cm³/mol. The van der Waals surface area contributed by atoms with Crippen molar-refractivity contribution >= 4 is 39.2 Å². The second-order valence-electron chi connectivity index (χ2n) is 5.68. The molecule has 0 atom stereocenters. The van der Waals surface area contributed by atoms with Gasteiger partial charge in [0.1, 0.15) is 10.6 Å². The average Bonchev–Trinajstić information content (AvgIpc) is 2.55. The Bertz CT molecular complexity index is 787. The minimum atomic E-state index is -3.90. The van der Waals surface area contributed by atoms with Gasteiger partial charge in [-0.3, -0.25) is 9.59 Å². The van der Waals surface area contributed by atoms with E-state index in [1.165, 1.54) is 30.5 Å². The van der Waals surface area contributed by atoms with Crippen LogP contribution in [0.4, 0.5) is 5.69 Å². The third-order valence-corrected chi connectivity index (χ3v) is 6.22. The van der Waals surface area contributed by atoms with Gasteiger partial charge in [-0.25, -0.2) is 8.42 Å². The SMILES string of the molecule is COc1cc(NC(C)=O)c(Cl)cc1S(=O)(=O)N1CCC(C(=O)O)CC1. The summed E-state index contributed by atoms with van der Waals surface area (Å²) in [4.78, 5) is 22.1. The Morgan fingerprint density at radius 3 is 2.40 bits per heavy atom. The van der Waals surface area contributed by atoms with Crippen LogP contribution >= 0.6 is 11.6 Å². The molecule has 138 valence electrons. The smallest absolute Gasteiger partial charge is 0.306 e. The van der Waals surface area contributed by atoms with Crippen molar-refractivity contribution in [3.05, 3.63) is 17.2 Å². The minimum Gasteiger partial charge on any atom is -0.495 e. The molecule has 0 aromatic heterocycles. The maximum atomic E-state index is 12.9. The zero-order valence-electron chi connectivity index (χ0n) is 13.8. The molecule has 1 aromatic rings. The van der Waals surface area contributed by atoms with E-state index in [-0.39, 0.29) is 53.2 Å². The van der Waals surface area contributed by atoms with Gasteiger partial charge in [0.15, 0.2) is 0 Å². The highest BCUT2D eigenvalue weighted by Gasteiger charge is 2.34.